The maximum Gasteiger partial charge on any atom is 0.167 e. The van der Waals surface area contributed by atoms with Gasteiger partial charge in [-0.05, 0) is 29.7 Å². The molecule has 0 aromatic heterocycles. The van der Waals surface area contributed by atoms with Crippen LogP contribution < -0.4 is 10.5 Å². The molecular weight excluding hydrogens is 241 g/mol. The number of nitrogens with two attached hydrogens (primary N) is 1. The molecule has 2 rings (SSSR count). The van der Waals surface area contributed by atoms with Crippen LogP contribution in [0, 0.1) is 5.82 Å². The SMILES string of the molecule is CC(C)c1cccc(Oc2c(F)cccc2CN)c1. The lowest BCUT2D eigenvalue weighted by Gasteiger charge is -2.12. The van der Waals surface area contributed by atoms with Crippen LogP contribution in [0.5, 0.6) is 11.5 Å². The zero-order valence-electron chi connectivity index (χ0n) is 11.2. The van der Waals surface area contributed by atoms with Crippen LogP contribution in [0.25, 0.3) is 0 Å². The van der Waals surface area contributed by atoms with Gasteiger partial charge in [0.05, 0.1) is 0 Å². The van der Waals surface area contributed by atoms with Crippen molar-refractivity contribution in [2.45, 2.75) is 26.3 Å². The first kappa shape index (κ1) is 13.6. The molecule has 0 spiro atoms. The first-order valence-electron chi connectivity index (χ1n) is 6.37. The van der Waals surface area contributed by atoms with Gasteiger partial charge >= 0.3 is 0 Å². The van der Waals surface area contributed by atoms with E-state index in [0.29, 0.717) is 17.2 Å². The average Bonchev–Trinajstić information content (AvgIpc) is 2.41. The second kappa shape index (κ2) is 5.85. The number of rotatable bonds is 4. The van der Waals surface area contributed by atoms with Crippen molar-refractivity contribution in [2.75, 3.05) is 0 Å². The lowest BCUT2D eigenvalue weighted by atomic mass is 10.0. The molecule has 0 aliphatic carbocycles. The van der Waals surface area contributed by atoms with Crippen LogP contribution in [0.4, 0.5) is 4.39 Å². The largest absolute Gasteiger partial charge is 0.454 e. The van der Waals surface area contributed by atoms with Crippen molar-refractivity contribution >= 4 is 0 Å². The van der Waals surface area contributed by atoms with Gasteiger partial charge in [0.2, 0.25) is 0 Å². The number of hydrogen-bond acceptors (Lipinski definition) is 2. The van der Waals surface area contributed by atoms with Crippen molar-refractivity contribution in [3.05, 3.63) is 59.4 Å². The Balaban J connectivity index is 2.33. The molecule has 0 radical (unpaired) electrons. The molecule has 19 heavy (non-hydrogen) atoms. The lowest BCUT2D eigenvalue weighted by molar-refractivity contribution is 0.435. The van der Waals surface area contributed by atoms with Crippen LogP contribution in [0.3, 0.4) is 0 Å². The first-order chi connectivity index (χ1) is 9.11. The summed E-state index contributed by atoms with van der Waals surface area (Å²) in [4.78, 5) is 0. The van der Waals surface area contributed by atoms with Crippen molar-refractivity contribution in [1.29, 1.82) is 0 Å². The van der Waals surface area contributed by atoms with Gasteiger partial charge in [-0.3, -0.25) is 0 Å². The number of ether oxygens (including phenoxy) is 1. The Kier molecular flexibility index (Phi) is 4.17. The highest BCUT2D eigenvalue weighted by molar-refractivity contribution is 5.40. The quantitative estimate of drug-likeness (QED) is 0.893. The van der Waals surface area contributed by atoms with Gasteiger partial charge in [0.1, 0.15) is 5.75 Å². The van der Waals surface area contributed by atoms with Crippen LogP contribution in [0.1, 0.15) is 30.9 Å². The molecule has 0 saturated heterocycles. The summed E-state index contributed by atoms with van der Waals surface area (Å²) in [6.45, 7) is 4.46. The second-order valence-electron chi connectivity index (χ2n) is 4.76. The van der Waals surface area contributed by atoms with Crippen molar-refractivity contribution in [1.82, 2.24) is 0 Å². The fourth-order valence-corrected chi connectivity index (χ4v) is 1.88. The zero-order chi connectivity index (χ0) is 13.8. The molecule has 2 aromatic rings. The minimum Gasteiger partial charge on any atom is -0.454 e. The van der Waals surface area contributed by atoms with Gasteiger partial charge in [0.15, 0.2) is 11.6 Å². The van der Waals surface area contributed by atoms with Crippen molar-refractivity contribution in [2.24, 2.45) is 5.73 Å². The van der Waals surface area contributed by atoms with Crippen LogP contribution in [-0.2, 0) is 6.54 Å². The van der Waals surface area contributed by atoms with E-state index in [1.54, 1.807) is 12.1 Å². The summed E-state index contributed by atoms with van der Waals surface area (Å²) in [5.41, 5.74) is 7.42. The smallest absolute Gasteiger partial charge is 0.167 e. The minimum absolute atomic E-state index is 0.214. The van der Waals surface area contributed by atoms with Crippen LogP contribution >= 0.6 is 0 Å². The number of para-hydroxylation sites is 1. The van der Waals surface area contributed by atoms with E-state index in [-0.39, 0.29) is 12.3 Å². The van der Waals surface area contributed by atoms with Crippen LogP contribution in [0.2, 0.25) is 0 Å². The predicted molar refractivity (Wildman–Crippen MR) is 74.9 cm³/mol. The molecule has 0 unspecified atom stereocenters. The molecule has 0 aliphatic heterocycles. The highest BCUT2D eigenvalue weighted by Gasteiger charge is 2.10. The summed E-state index contributed by atoms with van der Waals surface area (Å²) in [6, 6.07) is 12.5. The van der Waals surface area contributed by atoms with Crippen molar-refractivity contribution in [3.8, 4) is 11.5 Å². The standard InChI is InChI=1S/C16H18FNO/c1-11(2)12-5-3-7-14(9-12)19-16-13(10-18)6-4-8-15(16)17/h3-9,11H,10,18H2,1-2H3. The van der Waals surface area contributed by atoms with E-state index in [1.165, 1.54) is 6.07 Å². The van der Waals surface area contributed by atoms with Gasteiger partial charge in [0.25, 0.3) is 0 Å². The van der Waals surface area contributed by atoms with Crippen LogP contribution in [-0.4, -0.2) is 0 Å². The Labute approximate surface area is 113 Å². The molecule has 3 heteroatoms. The predicted octanol–water partition coefficient (Wildman–Crippen LogP) is 4.20. The van der Waals surface area contributed by atoms with Gasteiger partial charge in [-0.25, -0.2) is 4.39 Å². The summed E-state index contributed by atoms with van der Waals surface area (Å²) >= 11 is 0. The summed E-state index contributed by atoms with van der Waals surface area (Å²) in [7, 11) is 0. The van der Waals surface area contributed by atoms with E-state index in [1.807, 2.05) is 24.3 Å². The molecule has 0 aliphatic rings. The molecule has 2 nitrogen and oxygen atoms in total. The topological polar surface area (TPSA) is 35.2 Å². The summed E-state index contributed by atoms with van der Waals surface area (Å²) in [5.74, 6) is 0.855. The van der Waals surface area contributed by atoms with E-state index in [4.69, 9.17) is 10.5 Å². The fraction of sp³-hybridized carbons (Fsp3) is 0.250. The first-order valence-corrected chi connectivity index (χ1v) is 6.37. The maximum atomic E-state index is 13.8. The zero-order valence-corrected chi connectivity index (χ0v) is 11.2. The third-order valence-electron chi connectivity index (χ3n) is 3.01. The Bertz CT molecular complexity index is 566. The Morgan fingerprint density at radius 2 is 1.89 bits per heavy atom. The van der Waals surface area contributed by atoms with Gasteiger partial charge in [-0.15, -0.1) is 0 Å². The van der Waals surface area contributed by atoms with E-state index in [0.717, 1.165) is 5.56 Å². The number of benzene rings is 2. The lowest BCUT2D eigenvalue weighted by Crippen LogP contribution is -2.01. The fourth-order valence-electron chi connectivity index (χ4n) is 1.88. The molecule has 2 aromatic carbocycles. The molecule has 0 fully saturated rings. The van der Waals surface area contributed by atoms with Gasteiger partial charge in [0, 0.05) is 12.1 Å². The van der Waals surface area contributed by atoms with E-state index < -0.39 is 5.82 Å². The summed E-state index contributed by atoms with van der Waals surface area (Å²) in [6.07, 6.45) is 0. The molecule has 2 N–H and O–H groups in total. The number of hydrogen-bond donors (Lipinski definition) is 1. The van der Waals surface area contributed by atoms with Crippen molar-refractivity contribution in [3.63, 3.8) is 0 Å². The second-order valence-corrected chi connectivity index (χ2v) is 4.76. The monoisotopic (exact) mass is 259 g/mol. The van der Waals surface area contributed by atoms with Crippen LogP contribution in [0.15, 0.2) is 42.5 Å². The molecule has 100 valence electrons. The number of halogens is 1. The molecule has 0 bridgehead atoms. The highest BCUT2D eigenvalue weighted by Crippen LogP contribution is 2.29. The molecule has 0 atom stereocenters. The van der Waals surface area contributed by atoms with Gasteiger partial charge in [-0.2, -0.15) is 0 Å². The Hall–Kier alpha value is -1.87. The summed E-state index contributed by atoms with van der Waals surface area (Å²) in [5, 5.41) is 0. The average molecular weight is 259 g/mol. The molecule has 0 amide bonds. The van der Waals surface area contributed by atoms with E-state index >= 15 is 0 Å². The van der Waals surface area contributed by atoms with Gasteiger partial charge in [-0.1, -0.05) is 38.1 Å². The van der Waals surface area contributed by atoms with E-state index in [2.05, 4.69) is 13.8 Å². The Morgan fingerprint density at radius 3 is 2.58 bits per heavy atom. The maximum absolute atomic E-state index is 13.8. The molecule has 0 heterocycles. The van der Waals surface area contributed by atoms with Crippen molar-refractivity contribution < 1.29 is 9.13 Å². The minimum atomic E-state index is -0.391. The van der Waals surface area contributed by atoms with E-state index in [9.17, 15) is 4.39 Å². The highest BCUT2D eigenvalue weighted by atomic mass is 19.1. The Morgan fingerprint density at radius 1 is 1.16 bits per heavy atom. The van der Waals surface area contributed by atoms with Gasteiger partial charge < -0.3 is 10.5 Å². The third-order valence-corrected chi connectivity index (χ3v) is 3.01. The molecular formula is C16H18FNO. The summed E-state index contributed by atoms with van der Waals surface area (Å²) < 4.78 is 19.5. The molecule has 0 saturated carbocycles. The normalized spacial score (nSPS) is 10.8. The third kappa shape index (κ3) is 3.12.